The Hall–Kier alpha value is -2.69. The van der Waals surface area contributed by atoms with Crippen molar-refractivity contribution in [3.63, 3.8) is 0 Å². The van der Waals surface area contributed by atoms with Crippen LogP contribution < -0.4 is 0 Å². The first-order valence-corrected chi connectivity index (χ1v) is 5.86. The third-order valence-electron chi connectivity index (χ3n) is 3.07. The van der Waals surface area contributed by atoms with E-state index in [9.17, 15) is 10.1 Å². The average Bonchev–Trinajstić information content (AvgIpc) is 2.82. The van der Waals surface area contributed by atoms with Gasteiger partial charge in [0.25, 0.3) is 5.69 Å². The Kier molecular flexibility index (Phi) is 2.72. The summed E-state index contributed by atoms with van der Waals surface area (Å²) in [5.74, 6) is 0. The molecule has 19 heavy (non-hydrogen) atoms. The summed E-state index contributed by atoms with van der Waals surface area (Å²) in [5.41, 5.74) is 2.09. The first kappa shape index (κ1) is 11.4. The number of aromatic nitrogens is 2. The van der Waals surface area contributed by atoms with Crippen molar-refractivity contribution in [2.45, 2.75) is 6.54 Å². The molecule has 0 aliphatic rings. The number of hydrogen-bond acceptors (Lipinski definition) is 3. The van der Waals surface area contributed by atoms with Crippen LogP contribution in [0.1, 0.15) is 5.56 Å². The molecule has 0 N–H and O–H groups in total. The minimum Gasteiger partial charge on any atom is -0.343 e. The van der Waals surface area contributed by atoms with Gasteiger partial charge in [0.2, 0.25) is 0 Å². The number of nitrogens with zero attached hydrogens (tertiary/aromatic N) is 3. The van der Waals surface area contributed by atoms with Crippen LogP contribution in [0.4, 0.5) is 5.69 Å². The van der Waals surface area contributed by atoms with E-state index in [1.165, 1.54) is 6.07 Å². The Bertz CT molecular complexity index is 735. The van der Waals surface area contributed by atoms with Crippen molar-refractivity contribution in [1.29, 1.82) is 0 Å². The Balaban J connectivity index is 2.04. The Morgan fingerprint density at radius 2 is 1.95 bits per heavy atom. The number of rotatable bonds is 3. The third kappa shape index (κ3) is 2.18. The lowest BCUT2D eigenvalue weighted by molar-refractivity contribution is -0.384. The second kappa shape index (κ2) is 4.53. The zero-order valence-corrected chi connectivity index (χ0v) is 10.1. The number of nitro benzene ring substituents is 1. The molecular weight excluding hydrogens is 242 g/mol. The van der Waals surface area contributed by atoms with Crippen molar-refractivity contribution in [2.24, 2.45) is 0 Å². The van der Waals surface area contributed by atoms with Crippen LogP contribution in [0, 0.1) is 10.1 Å². The van der Waals surface area contributed by atoms with Gasteiger partial charge >= 0.3 is 0 Å². The predicted molar refractivity (Wildman–Crippen MR) is 71.9 cm³/mol. The molecule has 0 atom stereocenters. The topological polar surface area (TPSA) is 61.0 Å². The number of hydrogen-bond donors (Lipinski definition) is 0. The molecule has 0 bridgehead atoms. The summed E-state index contributed by atoms with van der Waals surface area (Å²) in [4.78, 5) is 14.4. The molecule has 0 aliphatic heterocycles. The second-order valence-corrected chi connectivity index (χ2v) is 4.30. The molecule has 94 valence electrons. The largest absolute Gasteiger partial charge is 0.343 e. The van der Waals surface area contributed by atoms with Crippen LogP contribution in [-0.4, -0.2) is 14.5 Å². The van der Waals surface area contributed by atoms with E-state index in [0.29, 0.717) is 6.54 Å². The normalized spacial score (nSPS) is 10.7. The number of benzene rings is 1. The third-order valence-corrected chi connectivity index (χ3v) is 3.07. The van der Waals surface area contributed by atoms with Crippen LogP contribution in [0.2, 0.25) is 0 Å². The molecule has 5 heteroatoms. The molecule has 2 heterocycles. The van der Waals surface area contributed by atoms with Crippen LogP contribution in [0.15, 0.2) is 55.0 Å². The lowest BCUT2D eigenvalue weighted by atomic mass is 10.2. The highest BCUT2D eigenvalue weighted by Crippen LogP contribution is 2.22. The maximum Gasteiger partial charge on any atom is 0.271 e. The molecule has 2 aromatic heterocycles. The van der Waals surface area contributed by atoms with Gasteiger partial charge in [0, 0.05) is 42.7 Å². The molecule has 0 unspecified atom stereocenters. The quantitative estimate of drug-likeness (QED) is 0.532. The minimum atomic E-state index is -0.372. The highest BCUT2D eigenvalue weighted by atomic mass is 16.6. The van der Waals surface area contributed by atoms with E-state index in [1.54, 1.807) is 24.5 Å². The smallest absolute Gasteiger partial charge is 0.271 e. The maximum atomic E-state index is 10.8. The number of pyridine rings is 1. The Morgan fingerprint density at radius 3 is 2.68 bits per heavy atom. The van der Waals surface area contributed by atoms with Crippen molar-refractivity contribution in [2.75, 3.05) is 0 Å². The van der Waals surface area contributed by atoms with Crippen LogP contribution in [0.25, 0.3) is 10.9 Å². The van der Waals surface area contributed by atoms with Gasteiger partial charge < -0.3 is 4.57 Å². The van der Waals surface area contributed by atoms with Gasteiger partial charge in [-0.2, -0.15) is 0 Å². The van der Waals surface area contributed by atoms with Crippen molar-refractivity contribution < 1.29 is 4.92 Å². The molecule has 5 nitrogen and oxygen atoms in total. The standard InChI is InChI=1S/C14H11N3O2/c18-17(19)13-2-1-12-5-8-16(14(12)9-13)10-11-3-6-15-7-4-11/h1-9H,10H2. The van der Waals surface area contributed by atoms with Crippen molar-refractivity contribution >= 4 is 16.6 Å². The van der Waals surface area contributed by atoms with Gasteiger partial charge in [0.15, 0.2) is 0 Å². The number of fused-ring (bicyclic) bond motifs is 1. The zero-order chi connectivity index (χ0) is 13.2. The van der Waals surface area contributed by atoms with E-state index in [4.69, 9.17) is 0 Å². The first-order chi connectivity index (χ1) is 9.24. The lowest BCUT2D eigenvalue weighted by Gasteiger charge is -2.05. The van der Waals surface area contributed by atoms with E-state index in [0.717, 1.165) is 16.5 Å². The van der Waals surface area contributed by atoms with Gasteiger partial charge in [0.05, 0.1) is 10.4 Å². The van der Waals surface area contributed by atoms with E-state index >= 15 is 0 Å². The molecule has 0 radical (unpaired) electrons. The highest BCUT2D eigenvalue weighted by Gasteiger charge is 2.09. The van der Waals surface area contributed by atoms with Gasteiger partial charge in [-0.05, 0) is 29.8 Å². The second-order valence-electron chi connectivity index (χ2n) is 4.30. The Labute approximate surface area is 109 Å². The van der Waals surface area contributed by atoms with Gasteiger partial charge in [-0.25, -0.2) is 0 Å². The Morgan fingerprint density at radius 1 is 1.16 bits per heavy atom. The summed E-state index contributed by atoms with van der Waals surface area (Å²) in [7, 11) is 0. The summed E-state index contributed by atoms with van der Waals surface area (Å²) in [6.45, 7) is 0.674. The SMILES string of the molecule is O=[N+]([O-])c1ccc2ccn(Cc3ccncc3)c2c1. The van der Waals surface area contributed by atoms with Crippen molar-refractivity contribution in [3.05, 3.63) is 70.7 Å². The average molecular weight is 253 g/mol. The number of nitro groups is 1. The zero-order valence-electron chi connectivity index (χ0n) is 10.1. The molecule has 0 saturated heterocycles. The summed E-state index contributed by atoms with van der Waals surface area (Å²) >= 11 is 0. The fourth-order valence-corrected chi connectivity index (χ4v) is 2.11. The van der Waals surface area contributed by atoms with Crippen LogP contribution in [0.3, 0.4) is 0 Å². The molecule has 0 amide bonds. The van der Waals surface area contributed by atoms with Crippen LogP contribution in [-0.2, 0) is 6.54 Å². The molecule has 0 spiro atoms. The van der Waals surface area contributed by atoms with E-state index in [-0.39, 0.29) is 10.6 Å². The van der Waals surface area contributed by atoms with Crippen molar-refractivity contribution in [3.8, 4) is 0 Å². The molecule has 0 saturated carbocycles. The summed E-state index contributed by atoms with van der Waals surface area (Å²) < 4.78 is 2.00. The van der Waals surface area contributed by atoms with Gasteiger partial charge in [-0.3, -0.25) is 15.1 Å². The fourth-order valence-electron chi connectivity index (χ4n) is 2.11. The molecule has 3 rings (SSSR count). The van der Waals surface area contributed by atoms with E-state index in [2.05, 4.69) is 4.98 Å². The molecule has 0 fully saturated rings. The van der Waals surface area contributed by atoms with Crippen LogP contribution >= 0.6 is 0 Å². The highest BCUT2D eigenvalue weighted by molar-refractivity contribution is 5.82. The van der Waals surface area contributed by atoms with Crippen molar-refractivity contribution in [1.82, 2.24) is 9.55 Å². The summed E-state index contributed by atoms with van der Waals surface area (Å²) in [6.07, 6.45) is 5.42. The molecule has 1 aromatic carbocycles. The molecular formula is C14H11N3O2. The summed E-state index contributed by atoms with van der Waals surface area (Å²) in [5, 5.41) is 11.8. The minimum absolute atomic E-state index is 0.113. The maximum absolute atomic E-state index is 10.8. The monoisotopic (exact) mass is 253 g/mol. The molecule has 0 aliphatic carbocycles. The van der Waals surface area contributed by atoms with E-state index < -0.39 is 0 Å². The lowest BCUT2D eigenvalue weighted by Crippen LogP contribution is -1.98. The van der Waals surface area contributed by atoms with Crippen LogP contribution in [0.5, 0.6) is 0 Å². The van der Waals surface area contributed by atoms with Gasteiger partial charge in [-0.1, -0.05) is 0 Å². The fraction of sp³-hybridized carbons (Fsp3) is 0.0714. The molecule has 3 aromatic rings. The van der Waals surface area contributed by atoms with Gasteiger partial charge in [0.1, 0.15) is 0 Å². The van der Waals surface area contributed by atoms with Gasteiger partial charge in [-0.15, -0.1) is 0 Å². The first-order valence-electron chi connectivity index (χ1n) is 5.86. The predicted octanol–water partition coefficient (Wildman–Crippen LogP) is 2.99. The number of non-ortho nitro benzene ring substituents is 1. The van der Waals surface area contributed by atoms with E-state index in [1.807, 2.05) is 29.0 Å². The summed E-state index contributed by atoms with van der Waals surface area (Å²) in [6, 6.07) is 10.7.